The summed E-state index contributed by atoms with van der Waals surface area (Å²) in [5, 5.41) is 1.31. The second-order valence-electron chi connectivity index (χ2n) is 3.92. The van der Waals surface area contributed by atoms with Gasteiger partial charge in [-0.25, -0.2) is 9.97 Å². The van der Waals surface area contributed by atoms with Crippen LogP contribution in [0, 0.1) is 0 Å². The van der Waals surface area contributed by atoms with Gasteiger partial charge in [0.2, 0.25) is 5.28 Å². The van der Waals surface area contributed by atoms with Crippen LogP contribution in [0.2, 0.25) is 5.28 Å². The molecule has 0 N–H and O–H groups in total. The number of ether oxygens (including phenoxy) is 1. The van der Waals surface area contributed by atoms with Crippen molar-refractivity contribution < 1.29 is 4.74 Å². The van der Waals surface area contributed by atoms with Crippen molar-refractivity contribution >= 4 is 22.5 Å². The predicted molar refractivity (Wildman–Crippen MR) is 65.2 cm³/mol. The molecule has 0 spiro atoms. The maximum Gasteiger partial charge on any atom is 0.223 e. The van der Waals surface area contributed by atoms with Gasteiger partial charge in [-0.2, -0.15) is 0 Å². The van der Waals surface area contributed by atoms with Crippen LogP contribution in [0.5, 0.6) is 5.75 Å². The number of fused-ring (bicyclic) bond motifs is 1. The number of methoxy groups -OCH3 is 1. The van der Waals surface area contributed by atoms with Crippen LogP contribution >= 0.6 is 11.6 Å². The van der Waals surface area contributed by atoms with Crippen molar-refractivity contribution in [3.05, 3.63) is 29.2 Å². The Hall–Kier alpha value is -1.35. The lowest BCUT2D eigenvalue weighted by molar-refractivity contribution is 0.415. The highest BCUT2D eigenvalue weighted by atomic mass is 35.5. The predicted octanol–water partition coefficient (Wildman–Crippen LogP) is 3.42. The quantitative estimate of drug-likeness (QED) is 0.750. The van der Waals surface area contributed by atoms with E-state index in [0.29, 0.717) is 5.92 Å². The van der Waals surface area contributed by atoms with Crippen molar-refractivity contribution in [1.29, 1.82) is 0 Å². The van der Waals surface area contributed by atoms with E-state index < -0.39 is 0 Å². The van der Waals surface area contributed by atoms with Crippen LogP contribution in [0.25, 0.3) is 10.9 Å². The van der Waals surface area contributed by atoms with Gasteiger partial charge in [-0.3, -0.25) is 0 Å². The Kier molecular flexibility index (Phi) is 2.97. The Balaban J connectivity index is 2.73. The van der Waals surface area contributed by atoms with Crippen LogP contribution in [-0.2, 0) is 0 Å². The van der Waals surface area contributed by atoms with E-state index in [4.69, 9.17) is 16.3 Å². The molecule has 2 rings (SSSR count). The van der Waals surface area contributed by atoms with Crippen LogP contribution in [0.3, 0.4) is 0 Å². The smallest absolute Gasteiger partial charge is 0.223 e. The second kappa shape index (κ2) is 4.26. The fourth-order valence-corrected chi connectivity index (χ4v) is 1.85. The molecule has 0 radical (unpaired) electrons. The minimum Gasteiger partial charge on any atom is -0.497 e. The summed E-state index contributed by atoms with van der Waals surface area (Å²) in [5.74, 6) is 1.09. The standard InChI is InChI=1S/C12H13ClN2O/c1-7(2)11-9-5-4-8(16-3)6-10(9)14-12(13)15-11/h4-7H,1-3H3. The monoisotopic (exact) mass is 236 g/mol. The molecule has 0 aliphatic rings. The Bertz CT molecular complexity index is 526. The first kappa shape index (κ1) is 11.1. The van der Waals surface area contributed by atoms with Crippen LogP contribution < -0.4 is 4.74 Å². The largest absolute Gasteiger partial charge is 0.497 e. The van der Waals surface area contributed by atoms with Crippen molar-refractivity contribution in [3.63, 3.8) is 0 Å². The minimum absolute atomic E-state index is 0.282. The van der Waals surface area contributed by atoms with Crippen molar-refractivity contribution in [3.8, 4) is 5.75 Å². The molecule has 0 fully saturated rings. The molecule has 0 unspecified atom stereocenters. The van der Waals surface area contributed by atoms with Crippen LogP contribution in [0.1, 0.15) is 25.5 Å². The van der Waals surface area contributed by atoms with Gasteiger partial charge >= 0.3 is 0 Å². The van der Waals surface area contributed by atoms with E-state index in [1.807, 2.05) is 18.2 Å². The van der Waals surface area contributed by atoms with Gasteiger partial charge in [0.25, 0.3) is 0 Å². The van der Waals surface area contributed by atoms with E-state index in [2.05, 4.69) is 23.8 Å². The fourth-order valence-electron chi connectivity index (χ4n) is 1.67. The van der Waals surface area contributed by atoms with E-state index >= 15 is 0 Å². The molecule has 1 heterocycles. The molecular formula is C12H13ClN2O. The van der Waals surface area contributed by atoms with E-state index in [1.54, 1.807) is 7.11 Å². The van der Waals surface area contributed by atoms with E-state index in [-0.39, 0.29) is 5.28 Å². The van der Waals surface area contributed by atoms with Gasteiger partial charge in [0.1, 0.15) is 5.75 Å². The van der Waals surface area contributed by atoms with Crippen molar-refractivity contribution in [2.75, 3.05) is 7.11 Å². The molecule has 0 saturated carbocycles. The lowest BCUT2D eigenvalue weighted by atomic mass is 10.0. The molecule has 2 aromatic rings. The first-order valence-electron chi connectivity index (χ1n) is 5.13. The minimum atomic E-state index is 0.282. The van der Waals surface area contributed by atoms with Crippen LogP contribution in [-0.4, -0.2) is 17.1 Å². The molecule has 0 saturated heterocycles. The molecule has 84 valence electrons. The molecule has 0 aliphatic carbocycles. The topological polar surface area (TPSA) is 35.0 Å². The highest BCUT2D eigenvalue weighted by Gasteiger charge is 2.10. The normalized spacial score (nSPS) is 11.1. The Labute approximate surface area is 99.4 Å². The number of aromatic nitrogens is 2. The van der Waals surface area contributed by atoms with Crippen molar-refractivity contribution in [2.45, 2.75) is 19.8 Å². The Morgan fingerprint density at radius 2 is 2.00 bits per heavy atom. The van der Waals surface area contributed by atoms with Gasteiger partial charge in [-0.05, 0) is 29.7 Å². The summed E-state index contributed by atoms with van der Waals surface area (Å²) < 4.78 is 5.16. The molecule has 0 atom stereocenters. The maximum absolute atomic E-state index is 5.90. The summed E-state index contributed by atoms with van der Waals surface area (Å²) in [6.07, 6.45) is 0. The number of benzene rings is 1. The zero-order valence-electron chi connectivity index (χ0n) is 9.49. The molecule has 1 aromatic heterocycles. The van der Waals surface area contributed by atoms with E-state index in [9.17, 15) is 0 Å². The molecule has 4 heteroatoms. The fraction of sp³-hybridized carbons (Fsp3) is 0.333. The Morgan fingerprint density at radius 3 is 2.62 bits per heavy atom. The first-order chi connectivity index (χ1) is 7.61. The number of halogens is 1. The Morgan fingerprint density at radius 1 is 1.25 bits per heavy atom. The van der Waals surface area contributed by atoms with Gasteiger partial charge in [0.15, 0.2) is 0 Å². The van der Waals surface area contributed by atoms with E-state index in [1.165, 1.54) is 0 Å². The SMILES string of the molecule is COc1ccc2c(C(C)C)nc(Cl)nc2c1. The van der Waals surface area contributed by atoms with Gasteiger partial charge in [0, 0.05) is 11.5 Å². The van der Waals surface area contributed by atoms with Gasteiger partial charge in [-0.1, -0.05) is 13.8 Å². The lowest BCUT2D eigenvalue weighted by Gasteiger charge is -2.09. The molecule has 0 bridgehead atoms. The molecule has 1 aromatic carbocycles. The molecule has 16 heavy (non-hydrogen) atoms. The summed E-state index contributed by atoms with van der Waals surface area (Å²) >= 11 is 5.90. The molecule has 3 nitrogen and oxygen atoms in total. The second-order valence-corrected chi connectivity index (χ2v) is 4.25. The molecule has 0 aliphatic heterocycles. The average Bonchev–Trinajstić information content (AvgIpc) is 2.26. The molecular weight excluding hydrogens is 224 g/mol. The summed E-state index contributed by atoms with van der Waals surface area (Å²) in [7, 11) is 1.63. The highest BCUT2D eigenvalue weighted by Crippen LogP contribution is 2.26. The zero-order chi connectivity index (χ0) is 11.7. The average molecular weight is 237 g/mol. The number of nitrogens with zero attached hydrogens (tertiary/aromatic N) is 2. The third-order valence-electron chi connectivity index (χ3n) is 2.45. The van der Waals surface area contributed by atoms with E-state index in [0.717, 1.165) is 22.3 Å². The van der Waals surface area contributed by atoms with Crippen molar-refractivity contribution in [2.24, 2.45) is 0 Å². The first-order valence-corrected chi connectivity index (χ1v) is 5.51. The van der Waals surface area contributed by atoms with Crippen molar-refractivity contribution in [1.82, 2.24) is 9.97 Å². The number of rotatable bonds is 2. The summed E-state index contributed by atoms with van der Waals surface area (Å²) in [6.45, 7) is 4.17. The highest BCUT2D eigenvalue weighted by molar-refractivity contribution is 6.28. The third-order valence-corrected chi connectivity index (χ3v) is 2.62. The number of hydrogen-bond acceptors (Lipinski definition) is 3. The van der Waals surface area contributed by atoms with Gasteiger partial charge in [-0.15, -0.1) is 0 Å². The maximum atomic E-state index is 5.90. The van der Waals surface area contributed by atoms with Crippen LogP contribution in [0.4, 0.5) is 0 Å². The summed E-state index contributed by atoms with van der Waals surface area (Å²) in [5.41, 5.74) is 1.79. The summed E-state index contributed by atoms with van der Waals surface area (Å²) in [6, 6.07) is 5.75. The number of hydrogen-bond donors (Lipinski definition) is 0. The summed E-state index contributed by atoms with van der Waals surface area (Å²) in [4.78, 5) is 8.47. The third kappa shape index (κ3) is 1.95. The van der Waals surface area contributed by atoms with Gasteiger partial charge in [0.05, 0.1) is 18.3 Å². The zero-order valence-corrected chi connectivity index (χ0v) is 10.2. The molecule has 0 amide bonds. The lowest BCUT2D eigenvalue weighted by Crippen LogP contribution is -1.97. The van der Waals surface area contributed by atoms with Gasteiger partial charge < -0.3 is 4.74 Å². The van der Waals surface area contributed by atoms with Crippen LogP contribution in [0.15, 0.2) is 18.2 Å².